The van der Waals surface area contributed by atoms with Crippen molar-refractivity contribution in [3.05, 3.63) is 0 Å². The fourth-order valence-corrected chi connectivity index (χ4v) is 1.97. The minimum Gasteiger partial charge on any atom is -0.385 e. The Morgan fingerprint density at radius 3 is 2.82 bits per heavy atom. The molecular weight excluding hydrogens is 218 g/mol. The minimum absolute atomic E-state index is 0.0754. The zero-order chi connectivity index (χ0) is 12.7. The number of nitrogens with two attached hydrogens (primary N) is 1. The predicted molar refractivity (Wildman–Crippen MR) is 67.7 cm³/mol. The molecule has 1 amide bonds. The lowest BCUT2D eigenvalue weighted by Crippen LogP contribution is -2.48. The molecule has 0 aromatic heterocycles. The van der Waals surface area contributed by atoms with Crippen molar-refractivity contribution in [2.75, 3.05) is 33.4 Å². The Hall–Kier alpha value is -0.650. The van der Waals surface area contributed by atoms with E-state index >= 15 is 0 Å². The van der Waals surface area contributed by atoms with E-state index in [1.807, 2.05) is 6.92 Å². The molecule has 0 radical (unpaired) electrons. The lowest BCUT2D eigenvalue weighted by atomic mass is 10.2. The van der Waals surface area contributed by atoms with Gasteiger partial charge in [-0.05, 0) is 26.2 Å². The van der Waals surface area contributed by atoms with E-state index in [2.05, 4.69) is 10.2 Å². The third kappa shape index (κ3) is 5.02. The Labute approximate surface area is 104 Å². The molecule has 1 fully saturated rings. The van der Waals surface area contributed by atoms with Crippen LogP contribution in [0.1, 0.15) is 26.2 Å². The quantitative estimate of drug-likeness (QED) is 0.557. The zero-order valence-corrected chi connectivity index (χ0v) is 10.9. The van der Waals surface area contributed by atoms with E-state index in [0.717, 1.165) is 13.0 Å². The molecule has 0 aliphatic heterocycles. The van der Waals surface area contributed by atoms with Crippen molar-refractivity contribution in [2.24, 2.45) is 5.73 Å². The maximum Gasteiger partial charge on any atom is 0.237 e. The third-order valence-corrected chi connectivity index (χ3v) is 3.10. The summed E-state index contributed by atoms with van der Waals surface area (Å²) in [5.41, 5.74) is 5.58. The first-order chi connectivity index (χ1) is 8.20. The molecule has 1 unspecified atom stereocenters. The Kier molecular flexibility index (Phi) is 6.47. The van der Waals surface area contributed by atoms with Gasteiger partial charge < -0.3 is 15.8 Å². The van der Waals surface area contributed by atoms with E-state index in [1.165, 1.54) is 12.8 Å². The van der Waals surface area contributed by atoms with Crippen LogP contribution < -0.4 is 11.1 Å². The van der Waals surface area contributed by atoms with Crippen LogP contribution in [0.25, 0.3) is 0 Å². The van der Waals surface area contributed by atoms with Gasteiger partial charge in [-0.25, -0.2) is 0 Å². The molecule has 0 aromatic carbocycles. The smallest absolute Gasteiger partial charge is 0.237 e. The Bertz CT molecular complexity index is 232. The van der Waals surface area contributed by atoms with Gasteiger partial charge in [-0.15, -0.1) is 0 Å². The number of methoxy groups -OCH3 is 1. The second kappa shape index (κ2) is 7.63. The van der Waals surface area contributed by atoms with E-state index in [9.17, 15) is 4.79 Å². The molecular formula is C12H25N3O2. The van der Waals surface area contributed by atoms with Crippen LogP contribution >= 0.6 is 0 Å². The number of nitrogens with one attached hydrogen (secondary N) is 1. The number of nitrogens with zero attached hydrogens (tertiary/aromatic N) is 1. The number of rotatable bonds is 9. The van der Waals surface area contributed by atoms with Crippen LogP contribution in [0.4, 0.5) is 0 Å². The topological polar surface area (TPSA) is 67.6 Å². The summed E-state index contributed by atoms with van der Waals surface area (Å²) in [5.74, 6) is 0.0986. The average Bonchev–Trinajstić information content (AvgIpc) is 3.14. The molecule has 3 N–H and O–H groups in total. The normalized spacial score (nSPS) is 17.2. The highest BCUT2D eigenvalue weighted by Crippen LogP contribution is 2.28. The van der Waals surface area contributed by atoms with E-state index < -0.39 is 0 Å². The maximum atomic E-state index is 11.9. The maximum absolute atomic E-state index is 11.9. The summed E-state index contributed by atoms with van der Waals surface area (Å²) in [4.78, 5) is 14.1. The minimum atomic E-state index is -0.0754. The highest BCUT2D eigenvalue weighted by Gasteiger charge is 2.34. The second-order valence-electron chi connectivity index (χ2n) is 4.57. The number of ether oxygens (including phenoxy) is 1. The molecule has 17 heavy (non-hydrogen) atoms. The second-order valence-corrected chi connectivity index (χ2v) is 4.57. The summed E-state index contributed by atoms with van der Waals surface area (Å²) < 4.78 is 4.94. The van der Waals surface area contributed by atoms with Gasteiger partial charge in [-0.3, -0.25) is 9.69 Å². The van der Waals surface area contributed by atoms with Gasteiger partial charge >= 0.3 is 0 Å². The van der Waals surface area contributed by atoms with E-state index in [1.54, 1.807) is 7.11 Å². The molecule has 0 saturated heterocycles. The molecule has 1 rings (SSSR count). The number of hydrogen-bond acceptors (Lipinski definition) is 4. The molecule has 100 valence electrons. The molecule has 5 heteroatoms. The largest absolute Gasteiger partial charge is 0.385 e. The molecule has 1 aliphatic carbocycles. The number of carbonyl (C=O) groups is 1. The molecule has 0 heterocycles. The van der Waals surface area contributed by atoms with Crippen LogP contribution in [-0.4, -0.2) is 56.2 Å². The van der Waals surface area contributed by atoms with Gasteiger partial charge in [0.15, 0.2) is 0 Å². The molecule has 0 aromatic rings. The molecule has 5 nitrogen and oxygen atoms in total. The van der Waals surface area contributed by atoms with Gasteiger partial charge in [0.1, 0.15) is 0 Å². The van der Waals surface area contributed by atoms with Crippen LogP contribution in [0.15, 0.2) is 0 Å². The van der Waals surface area contributed by atoms with Crippen LogP contribution in [0, 0.1) is 0 Å². The monoisotopic (exact) mass is 243 g/mol. The lowest BCUT2D eigenvalue weighted by molar-refractivity contribution is -0.126. The number of carbonyl (C=O) groups excluding carboxylic acids is 1. The highest BCUT2D eigenvalue weighted by molar-refractivity contribution is 5.81. The summed E-state index contributed by atoms with van der Waals surface area (Å²) in [6, 6.07) is 0.492. The van der Waals surface area contributed by atoms with Crippen molar-refractivity contribution in [1.29, 1.82) is 0 Å². The fourth-order valence-electron chi connectivity index (χ4n) is 1.97. The van der Waals surface area contributed by atoms with E-state index in [4.69, 9.17) is 10.5 Å². The van der Waals surface area contributed by atoms with Crippen molar-refractivity contribution >= 4 is 5.91 Å². The zero-order valence-electron chi connectivity index (χ0n) is 10.9. The van der Waals surface area contributed by atoms with Gasteiger partial charge in [-0.2, -0.15) is 0 Å². The third-order valence-electron chi connectivity index (χ3n) is 3.10. The fraction of sp³-hybridized carbons (Fsp3) is 0.917. The van der Waals surface area contributed by atoms with E-state index in [-0.39, 0.29) is 11.9 Å². The first-order valence-corrected chi connectivity index (χ1v) is 6.43. The van der Waals surface area contributed by atoms with Gasteiger partial charge in [-0.1, -0.05) is 0 Å². The molecule has 0 spiro atoms. The summed E-state index contributed by atoms with van der Waals surface area (Å²) in [6.07, 6.45) is 3.25. The summed E-state index contributed by atoms with van der Waals surface area (Å²) >= 11 is 0. The SMILES string of the molecule is COCCCNC(=O)C(C)N(CCN)C1CC1. The van der Waals surface area contributed by atoms with Crippen molar-refractivity contribution in [1.82, 2.24) is 10.2 Å². The Morgan fingerprint density at radius 1 is 1.59 bits per heavy atom. The number of hydrogen-bond donors (Lipinski definition) is 2. The van der Waals surface area contributed by atoms with Crippen molar-refractivity contribution in [3.63, 3.8) is 0 Å². The van der Waals surface area contributed by atoms with Crippen molar-refractivity contribution in [3.8, 4) is 0 Å². The Morgan fingerprint density at radius 2 is 2.29 bits per heavy atom. The van der Waals surface area contributed by atoms with Crippen molar-refractivity contribution < 1.29 is 9.53 Å². The van der Waals surface area contributed by atoms with E-state index in [0.29, 0.717) is 25.7 Å². The standard InChI is InChI=1S/C12H25N3O2/c1-10(12(16)14-7-3-9-17-2)15(8-6-13)11-4-5-11/h10-11H,3-9,13H2,1-2H3,(H,14,16). The van der Waals surface area contributed by atoms with Crippen molar-refractivity contribution in [2.45, 2.75) is 38.3 Å². The molecule has 1 saturated carbocycles. The first kappa shape index (κ1) is 14.4. The molecule has 0 bridgehead atoms. The molecule has 1 aliphatic rings. The summed E-state index contributed by atoms with van der Waals surface area (Å²) in [7, 11) is 1.67. The van der Waals surface area contributed by atoms with Gasteiger partial charge in [0, 0.05) is 39.4 Å². The highest BCUT2D eigenvalue weighted by atomic mass is 16.5. The van der Waals surface area contributed by atoms with Gasteiger partial charge in [0.2, 0.25) is 5.91 Å². The van der Waals surface area contributed by atoms with Crippen LogP contribution in [-0.2, 0) is 9.53 Å². The van der Waals surface area contributed by atoms with Crippen LogP contribution in [0.2, 0.25) is 0 Å². The molecule has 1 atom stereocenters. The van der Waals surface area contributed by atoms with Gasteiger partial charge in [0.05, 0.1) is 6.04 Å². The average molecular weight is 243 g/mol. The Balaban J connectivity index is 2.27. The van der Waals surface area contributed by atoms with Crippen LogP contribution in [0.3, 0.4) is 0 Å². The summed E-state index contributed by atoms with van der Waals surface area (Å²) in [5, 5.41) is 2.94. The predicted octanol–water partition coefficient (Wildman–Crippen LogP) is -0.0493. The lowest BCUT2D eigenvalue weighted by Gasteiger charge is -2.27. The van der Waals surface area contributed by atoms with Crippen LogP contribution in [0.5, 0.6) is 0 Å². The van der Waals surface area contributed by atoms with Gasteiger partial charge in [0.25, 0.3) is 0 Å². The number of amides is 1. The summed E-state index contributed by atoms with van der Waals surface area (Å²) in [6.45, 7) is 4.73. The first-order valence-electron chi connectivity index (χ1n) is 6.43.